The number of benzene rings is 1. The van der Waals surface area contributed by atoms with E-state index < -0.39 is 28.8 Å². The average Bonchev–Trinajstić information content (AvgIpc) is 3.21. The highest BCUT2D eigenvalue weighted by atomic mass is 32.2. The van der Waals surface area contributed by atoms with Gasteiger partial charge < -0.3 is 14.2 Å². The zero-order chi connectivity index (χ0) is 24.8. The third kappa shape index (κ3) is 7.59. The quantitative estimate of drug-likeness (QED) is 0.399. The molecular weight excluding hydrogens is 479 g/mol. The summed E-state index contributed by atoms with van der Waals surface area (Å²) >= 11 is 0. The van der Waals surface area contributed by atoms with E-state index in [0.29, 0.717) is 29.3 Å². The molecule has 0 spiro atoms. The molecular formula is C20H22F3N5O5S. The van der Waals surface area contributed by atoms with Gasteiger partial charge in [-0.1, -0.05) is 0 Å². The van der Waals surface area contributed by atoms with Gasteiger partial charge in [-0.25, -0.2) is 22.8 Å². The minimum Gasteiger partial charge on any atom is -0.494 e. The highest BCUT2D eigenvalue weighted by Gasteiger charge is 2.29. The molecule has 0 bridgehead atoms. The lowest BCUT2D eigenvalue weighted by atomic mass is 10.2. The minimum atomic E-state index is -4.54. The first kappa shape index (κ1) is 25.2. The fourth-order valence-corrected chi connectivity index (χ4v) is 3.22. The van der Waals surface area contributed by atoms with Crippen molar-refractivity contribution in [1.82, 2.24) is 24.5 Å². The average molecular weight is 501 g/mol. The van der Waals surface area contributed by atoms with Crippen molar-refractivity contribution >= 4 is 10.0 Å². The highest BCUT2D eigenvalue weighted by Crippen LogP contribution is 2.26. The first-order valence-corrected chi connectivity index (χ1v) is 11.8. The van der Waals surface area contributed by atoms with E-state index in [1.165, 1.54) is 18.0 Å². The summed E-state index contributed by atoms with van der Waals surface area (Å²) in [5.74, 6) is 1.11. The van der Waals surface area contributed by atoms with E-state index in [2.05, 4.69) is 19.8 Å². The molecule has 3 aromatic rings. The maximum atomic E-state index is 12.6. The van der Waals surface area contributed by atoms with Crippen LogP contribution in [0.25, 0.3) is 17.1 Å². The molecule has 2 aromatic heterocycles. The molecule has 0 saturated heterocycles. The standard InChI is InChI=1S/C20H22F3N5O5S/c1-31-17-9-6-15(12-24-17)28-18(26-19(27-28)33-13-20(21,22)23)14-4-7-16(8-5-14)32-11-3-10-25-34(2,29)30/h4-9,12,25H,3,10-11,13H2,1-2H3. The maximum Gasteiger partial charge on any atom is 0.422 e. The topological polar surface area (TPSA) is 117 Å². The lowest BCUT2D eigenvalue weighted by molar-refractivity contribution is -0.154. The summed E-state index contributed by atoms with van der Waals surface area (Å²) in [7, 11) is -1.80. The number of pyridine rings is 1. The van der Waals surface area contributed by atoms with E-state index in [-0.39, 0.29) is 19.0 Å². The molecule has 0 aliphatic carbocycles. The molecule has 0 unspecified atom stereocenters. The number of ether oxygens (including phenoxy) is 3. The molecule has 1 aromatic carbocycles. The van der Waals surface area contributed by atoms with Crippen LogP contribution in [0, 0.1) is 0 Å². The molecule has 10 nitrogen and oxygen atoms in total. The van der Waals surface area contributed by atoms with Crippen LogP contribution < -0.4 is 18.9 Å². The molecule has 14 heteroatoms. The van der Waals surface area contributed by atoms with Gasteiger partial charge in [-0.15, -0.1) is 5.10 Å². The number of nitrogens with one attached hydrogen (secondary N) is 1. The Morgan fingerprint density at radius 3 is 2.41 bits per heavy atom. The number of hydrogen-bond donors (Lipinski definition) is 1. The fraction of sp³-hybridized carbons (Fsp3) is 0.350. The number of rotatable bonds is 11. The highest BCUT2D eigenvalue weighted by molar-refractivity contribution is 7.88. The largest absolute Gasteiger partial charge is 0.494 e. The number of methoxy groups -OCH3 is 1. The van der Waals surface area contributed by atoms with Crippen molar-refractivity contribution in [2.24, 2.45) is 0 Å². The summed E-state index contributed by atoms with van der Waals surface area (Å²) in [6, 6.07) is 9.39. The first-order valence-electron chi connectivity index (χ1n) is 9.89. The molecule has 184 valence electrons. The van der Waals surface area contributed by atoms with E-state index in [0.717, 1.165) is 6.26 Å². The SMILES string of the molecule is COc1ccc(-n2nc(OCC(F)(F)F)nc2-c2ccc(OCCCNS(C)(=O)=O)cc2)cn1. The van der Waals surface area contributed by atoms with Crippen LogP contribution in [0.15, 0.2) is 42.6 Å². The van der Waals surface area contributed by atoms with Crippen LogP contribution in [-0.4, -0.2) is 67.5 Å². The molecule has 0 fully saturated rings. The molecule has 2 heterocycles. The van der Waals surface area contributed by atoms with Gasteiger partial charge in [-0.3, -0.25) is 0 Å². The van der Waals surface area contributed by atoms with E-state index in [1.807, 2.05) is 0 Å². The number of sulfonamides is 1. The summed E-state index contributed by atoms with van der Waals surface area (Å²) in [6.07, 6.45) is -1.56. The third-order valence-corrected chi connectivity index (χ3v) is 4.92. The van der Waals surface area contributed by atoms with Crippen LogP contribution in [0.1, 0.15) is 6.42 Å². The van der Waals surface area contributed by atoms with Crippen LogP contribution in [-0.2, 0) is 10.0 Å². The predicted molar refractivity (Wildman–Crippen MR) is 116 cm³/mol. The van der Waals surface area contributed by atoms with Crippen LogP contribution in [0.3, 0.4) is 0 Å². The van der Waals surface area contributed by atoms with Crippen molar-refractivity contribution in [2.45, 2.75) is 12.6 Å². The number of alkyl halides is 3. The van der Waals surface area contributed by atoms with E-state index in [1.54, 1.807) is 36.4 Å². The van der Waals surface area contributed by atoms with Crippen molar-refractivity contribution in [3.05, 3.63) is 42.6 Å². The Morgan fingerprint density at radius 2 is 1.82 bits per heavy atom. The number of hydrogen-bond acceptors (Lipinski definition) is 8. The molecule has 0 amide bonds. The maximum absolute atomic E-state index is 12.6. The smallest absolute Gasteiger partial charge is 0.422 e. The Kier molecular flexibility index (Phi) is 7.94. The van der Waals surface area contributed by atoms with E-state index in [9.17, 15) is 21.6 Å². The Hall–Kier alpha value is -3.39. The molecule has 34 heavy (non-hydrogen) atoms. The zero-order valence-electron chi connectivity index (χ0n) is 18.2. The van der Waals surface area contributed by atoms with Gasteiger partial charge in [0, 0.05) is 18.2 Å². The zero-order valence-corrected chi connectivity index (χ0v) is 19.1. The normalized spacial score (nSPS) is 11.9. The summed E-state index contributed by atoms with van der Waals surface area (Å²) in [5.41, 5.74) is 0.972. The molecule has 3 rings (SSSR count). The minimum absolute atomic E-state index is 0.230. The molecule has 0 radical (unpaired) electrons. The van der Waals surface area contributed by atoms with Crippen molar-refractivity contribution in [3.63, 3.8) is 0 Å². The van der Waals surface area contributed by atoms with Crippen molar-refractivity contribution in [3.8, 4) is 34.7 Å². The number of nitrogens with zero attached hydrogens (tertiary/aromatic N) is 4. The molecule has 0 aliphatic heterocycles. The van der Waals surface area contributed by atoms with Gasteiger partial charge in [-0.2, -0.15) is 18.2 Å². The second kappa shape index (κ2) is 10.7. The van der Waals surface area contributed by atoms with Crippen molar-refractivity contribution in [2.75, 3.05) is 33.1 Å². The van der Waals surface area contributed by atoms with Gasteiger partial charge in [0.05, 0.1) is 31.9 Å². The Morgan fingerprint density at radius 1 is 1.09 bits per heavy atom. The summed E-state index contributed by atoms with van der Waals surface area (Å²) < 4.78 is 78.8. The number of aromatic nitrogens is 4. The Balaban J connectivity index is 1.77. The van der Waals surface area contributed by atoms with Crippen molar-refractivity contribution < 1.29 is 35.8 Å². The Bertz CT molecular complexity index is 1180. The Labute approximate surface area is 193 Å². The van der Waals surface area contributed by atoms with Crippen molar-refractivity contribution in [1.29, 1.82) is 0 Å². The summed E-state index contributed by atoms with van der Waals surface area (Å²) in [4.78, 5) is 8.19. The second-order valence-electron chi connectivity index (χ2n) is 6.99. The van der Waals surface area contributed by atoms with Gasteiger partial charge in [0.25, 0.3) is 0 Å². The van der Waals surface area contributed by atoms with Gasteiger partial charge in [-0.05, 0) is 36.8 Å². The van der Waals surface area contributed by atoms with Crippen LogP contribution in [0.4, 0.5) is 13.2 Å². The second-order valence-corrected chi connectivity index (χ2v) is 8.82. The van der Waals surface area contributed by atoms with Gasteiger partial charge in [0.1, 0.15) is 5.75 Å². The van der Waals surface area contributed by atoms with Crippen LogP contribution in [0.5, 0.6) is 17.6 Å². The summed E-state index contributed by atoms with van der Waals surface area (Å²) in [6.45, 7) is -1.00. The summed E-state index contributed by atoms with van der Waals surface area (Å²) in [5, 5.41) is 4.04. The van der Waals surface area contributed by atoms with Gasteiger partial charge in [0.15, 0.2) is 12.4 Å². The molecule has 0 atom stereocenters. The predicted octanol–water partition coefficient (Wildman–Crippen LogP) is 2.60. The monoisotopic (exact) mass is 501 g/mol. The van der Waals surface area contributed by atoms with Gasteiger partial charge in [0.2, 0.25) is 15.9 Å². The van der Waals surface area contributed by atoms with Gasteiger partial charge >= 0.3 is 12.2 Å². The van der Waals surface area contributed by atoms with E-state index in [4.69, 9.17) is 14.2 Å². The fourth-order valence-electron chi connectivity index (χ4n) is 2.71. The molecule has 0 saturated carbocycles. The van der Waals surface area contributed by atoms with E-state index >= 15 is 0 Å². The van der Waals surface area contributed by atoms with Crippen LogP contribution in [0.2, 0.25) is 0 Å². The lowest BCUT2D eigenvalue weighted by Crippen LogP contribution is -2.24. The lowest BCUT2D eigenvalue weighted by Gasteiger charge is -2.08. The molecule has 0 aliphatic rings. The first-order chi connectivity index (χ1) is 16.0. The number of halogens is 3. The molecule has 1 N–H and O–H groups in total. The third-order valence-electron chi connectivity index (χ3n) is 4.19. The van der Waals surface area contributed by atoms with Crippen LogP contribution >= 0.6 is 0 Å².